The van der Waals surface area contributed by atoms with Gasteiger partial charge in [-0.25, -0.2) is 4.18 Å². The van der Waals surface area contributed by atoms with E-state index in [0.29, 0.717) is 38.5 Å². The highest BCUT2D eigenvalue weighted by atomic mass is 32.3. The van der Waals surface area contributed by atoms with E-state index < -0.39 is 194 Å². The molecular weight excluding hydrogens is 1130 g/mol. The van der Waals surface area contributed by atoms with Crippen LogP contribution in [0.25, 0.3) is 0 Å². The fraction of sp³-hybridized carbons (Fsp3) is 0.930. The monoisotopic (exact) mass is 1230 g/mol. The van der Waals surface area contributed by atoms with Gasteiger partial charge < -0.3 is 109 Å². The van der Waals surface area contributed by atoms with Crippen molar-refractivity contribution in [2.24, 2.45) is 40.4 Å². The maximum absolute atomic E-state index is 12.4. The topological polar surface area (TPSA) is 399 Å². The quantitative estimate of drug-likeness (QED) is 0.0635. The van der Waals surface area contributed by atoms with Crippen molar-refractivity contribution in [3.8, 4) is 0 Å². The van der Waals surface area contributed by atoms with Crippen LogP contribution < -0.4 is 0 Å². The highest BCUT2D eigenvalue weighted by Crippen LogP contribution is 2.67. The van der Waals surface area contributed by atoms with Crippen molar-refractivity contribution in [3.05, 3.63) is 23.8 Å². The molecule has 0 amide bonds. The minimum Gasteiger partial charge on any atom is -0.390 e. The van der Waals surface area contributed by atoms with Gasteiger partial charge in [0, 0.05) is 0 Å². The minimum atomic E-state index is -4.85. The van der Waals surface area contributed by atoms with Crippen LogP contribution in [0, 0.1) is 40.4 Å². The Bertz CT molecular complexity index is 2400. The van der Waals surface area contributed by atoms with E-state index >= 15 is 0 Å². The molecule has 1 unspecified atom stereocenters. The molecule has 0 radical (unpaired) electrons. The number of allylic oxidation sites excluding steroid dienone is 3. The molecule has 9 aliphatic rings. The van der Waals surface area contributed by atoms with Crippen LogP contribution in [0.4, 0.5) is 0 Å². The highest BCUT2D eigenvalue weighted by molar-refractivity contribution is 7.80. The number of aliphatic hydroxyl groups excluding tert-OH is 11. The van der Waals surface area contributed by atoms with Gasteiger partial charge in [-0.3, -0.25) is 4.55 Å². The summed E-state index contributed by atoms with van der Waals surface area (Å²) in [5.41, 5.74) is 0.377. The van der Waals surface area contributed by atoms with Gasteiger partial charge in [0.2, 0.25) is 0 Å². The molecule has 5 saturated heterocycles. The van der Waals surface area contributed by atoms with Gasteiger partial charge in [-0.05, 0) is 133 Å². The van der Waals surface area contributed by atoms with Crippen molar-refractivity contribution in [1.29, 1.82) is 0 Å². The second-order valence-electron chi connectivity index (χ2n) is 26.7. The number of ether oxygens (including phenoxy) is 10. The number of rotatable bonds is 17. The number of fused-ring (bicyclic) bond motifs is 5. The molecule has 84 heavy (non-hydrogen) atoms. The lowest BCUT2D eigenvalue weighted by atomic mass is 9.47. The van der Waals surface area contributed by atoms with Crippen molar-refractivity contribution in [2.45, 2.75) is 285 Å². The van der Waals surface area contributed by atoms with E-state index in [2.05, 4.69) is 40.3 Å². The molecule has 0 aromatic rings. The third-order valence-electron chi connectivity index (χ3n) is 20.8. The van der Waals surface area contributed by atoms with E-state index in [1.807, 2.05) is 6.92 Å². The van der Waals surface area contributed by atoms with Gasteiger partial charge in [0.25, 0.3) is 0 Å². The van der Waals surface area contributed by atoms with Crippen LogP contribution in [0.1, 0.15) is 120 Å². The third-order valence-corrected chi connectivity index (χ3v) is 21.3. The summed E-state index contributed by atoms with van der Waals surface area (Å²) in [6, 6.07) is 0. The molecule has 0 spiro atoms. The molecule has 0 bridgehead atoms. The summed E-state index contributed by atoms with van der Waals surface area (Å²) >= 11 is 0. The van der Waals surface area contributed by atoms with Crippen molar-refractivity contribution in [1.82, 2.24) is 0 Å². The first-order valence-electron chi connectivity index (χ1n) is 29.9. The first kappa shape index (κ1) is 66.9. The summed E-state index contributed by atoms with van der Waals surface area (Å²) < 4.78 is 101. The first-order chi connectivity index (χ1) is 39.2. The van der Waals surface area contributed by atoms with E-state index in [4.69, 9.17) is 51.6 Å². The summed E-state index contributed by atoms with van der Waals surface area (Å²) in [5.74, 6) is -0.204. The van der Waals surface area contributed by atoms with Crippen LogP contribution in [0.15, 0.2) is 23.8 Å². The summed E-state index contributed by atoms with van der Waals surface area (Å²) in [7, 11) is -4.85. The fourth-order valence-electron chi connectivity index (χ4n) is 15.5. The average molecular weight is 1230 g/mol. The molecule has 13 N–H and O–H groups in total. The highest BCUT2D eigenvalue weighted by Gasteiger charge is 2.63. The zero-order valence-electron chi connectivity index (χ0n) is 49.3. The summed E-state index contributed by atoms with van der Waals surface area (Å²) in [6.45, 7) is 19.9. The predicted molar refractivity (Wildman–Crippen MR) is 288 cm³/mol. The van der Waals surface area contributed by atoms with Crippen LogP contribution >= 0.6 is 0 Å². The van der Waals surface area contributed by atoms with Crippen molar-refractivity contribution in [3.63, 3.8) is 0 Å². The Hall–Kier alpha value is -1.53. The van der Waals surface area contributed by atoms with Gasteiger partial charge >= 0.3 is 10.4 Å². The van der Waals surface area contributed by atoms with Gasteiger partial charge in [0.1, 0.15) is 91.6 Å². The van der Waals surface area contributed by atoms with Gasteiger partial charge in [-0.15, -0.1) is 0 Å². The summed E-state index contributed by atoms with van der Waals surface area (Å²) in [6.07, 6.45) is -33.5. The Morgan fingerprint density at radius 1 is 0.631 bits per heavy atom. The van der Waals surface area contributed by atoms with E-state index in [0.717, 1.165) is 18.4 Å². The molecule has 26 nitrogen and oxygen atoms in total. The molecule has 5 heterocycles. The molecule has 3 saturated carbocycles. The molecule has 0 aromatic heterocycles. The fourth-order valence-corrected chi connectivity index (χ4v) is 16.1. The summed E-state index contributed by atoms with van der Waals surface area (Å²) in [5, 5.41) is 135. The molecule has 4 aliphatic carbocycles. The standard InChI is InChI=1S/C57H94O26S/c1-22(2)23(3)13-18-57(10,69)35-12-11-30-29-20-33(32-19-28(83-84(70,71)72)14-16-55(32,8)31(29)15-17-56(30,35)9)78-52-46(68)47(39(61)27(7)76-52)80-53-48(81-50-44(66)41(63)36(58)24(4)74-50)40(62)34(21-73-53)79-54-49(43(65)38(60)26(6)77-54)82-51-45(67)42(64)37(59)25(5)75-51/h15,22,24-30,32-54,58-69H,3,11-14,16-21H2,1-2,4-10H3,(H,70,71,72)/t24-,25-,26-,27-,28+,29+,30+,32?,33+,34-,35+,36-,37-,38+,39-,40+,41+,42+,43+,44-,45-,46-,47+,48-,49-,50+,51+,52+,53+,54+,55-,56+,57+/m1/s1. The molecule has 0 aromatic carbocycles. The number of hydrogen-bond acceptors (Lipinski definition) is 25. The Balaban J connectivity index is 0.977. The van der Waals surface area contributed by atoms with E-state index in [1.165, 1.54) is 33.3 Å². The lowest BCUT2D eigenvalue weighted by Gasteiger charge is -2.60. The van der Waals surface area contributed by atoms with Crippen LogP contribution in [0.2, 0.25) is 0 Å². The first-order valence-corrected chi connectivity index (χ1v) is 31.3. The number of aliphatic hydroxyl groups is 12. The second-order valence-corrected chi connectivity index (χ2v) is 27.7. The molecule has 27 heteroatoms. The Labute approximate surface area is 490 Å². The second kappa shape index (κ2) is 25.6. The van der Waals surface area contributed by atoms with E-state index in [9.17, 15) is 74.2 Å². The molecule has 5 aliphatic heterocycles. The van der Waals surface area contributed by atoms with Gasteiger partial charge in [-0.2, -0.15) is 8.42 Å². The van der Waals surface area contributed by atoms with Gasteiger partial charge in [-0.1, -0.05) is 51.5 Å². The van der Waals surface area contributed by atoms with E-state index in [-0.39, 0.29) is 35.5 Å². The van der Waals surface area contributed by atoms with Crippen LogP contribution in [-0.4, -0.2) is 246 Å². The lowest BCUT2D eigenvalue weighted by Crippen LogP contribution is -2.66. The third kappa shape index (κ3) is 13.0. The van der Waals surface area contributed by atoms with Crippen LogP contribution in [0.3, 0.4) is 0 Å². The van der Waals surface area contributed by atoms with Gasteiger partial charge in [0.05, 0.1) is 48.8 Å². The molecule has 33 atom stereocenters. The minimum absolute atomic E-state index is 0.0478. The zero-order chi connectivity index (χ0) is 61.6. The Morgan fingerprint density at radius 3 is 1.71 bits per heavy atom. The van der Waals surface area contributed by atoms with Crippen LogP contribution in [-0.2, 0) is 62.0 Å². The van der Waals surface area contributed by atoms with E-state index in [1.54, 1.807) is 0 Å². The Kier molecular flexibility index (Phi) is 20.4. The molecule has 484 valence electrons. The predicted octanol–water partition coefficient (Wildman–Crippen LogP) is -0.662. The molecule has 8 fully saturated rings. The van der Waals surface area contributed by atoms with Gasteiger partial charge in [0.15, 0.2) is 31.5 Å². The van der Waals surface area contributed by atoms with Crippen molar-refractivity contribution >= 4 is 10.4 Å². The van der Waals surface area contributed by atoms with Crippen molar-refractivity contribution in [2.75, 3.05) is 6.61 Å². The molecule has 9 rings (SSSR count). The largest absolute Gasteiger partial charge is 0.397 e. The maximum Gasteiger partial charge on any atom is 0.397 e. The lowest BCUT2D eigenvalue weighted by molar-refractivity contribution is -0.397. The number of hydrogen-bond donors (Lipinski definition) is 13. The SMILES string of the molecule is C=C(CC[C@](C)(O)[C@H]1CC[C@H]2[C@@H]3C[C@H](O[C@@H]4O[C@H](C)[C@@H](O)[C@H](O[C@@H]5OC[C@@H](O[C@@H]6O[C@H](C)[C@H](O)[C@H](O)[C@H]6O[C@@H]6O[C@H](C)[C@@H](O)[C@H](O)[C@H]6O)[C@H](O)[C@H]5O[C@@H]5O[C@H](C)[C@@H](O)[C@H](O)[C@H]5O)[C@H]4O)C4C[C@@H](OS(=O)(=O)O)CC[C@]4(C)C3=CC[C@@]21C)C(C)C. The normalized spacial score (nSPS) is 51.7. The van der Waals surface area contributed by atoms with Crippen molar-refractivity contribution < 1.29 is 126 Å². The zero-order valence-corrected chi connectivity index (χ0v) is 50.1. The molecular formula is C57H94O26S. The Morgan fingerprint density at radius 2 is 1.14 bits per heavy atom. The maximum atomic E-state index is 12.4. The average Bonchev–Trinajstić information content (AvgIpc) is 1.42. The van der Waals surface area contributed by atoms with Crippen LogP contribution in [0.5, 0.6) is 0 Å². The summed E-state index contributed by atoms with van der Waals surface area (Å²) in [4.78, 5) is 0. The smallest absolute Gasteiger partial charge is 0.390 e.